The third-order valence-electron chi connectivity index (χ3n) is 3.99. The van der Waals surface area contributed by atoms with Gasteiger partial charge >= 0.3 is 0 Å². The van der Waals surface area contributed by atoms with E-state index >= 15 is 0 Å². The molecule has 3 nitrogen and oxygen atoms in total. The molecule has 0 heterocycles. The second kappa shape index (κ2) is 6.58. The van der Waals surface area contributed by atoms with Gasteiger partial charge in [0.15, 0.2) is 0 Å². The minimum atomic E-state index is -0.611. The van der Waals surface area contributed by atoms with Gasteiger partial charge in [0.1, 0.15) is 0 Å². The Hall–Kier alpha value is -0.120. The molecule has 0 saturated heterocycles. The first kappa shape index (κ1) is 13.9. The Morgan fingerprint density at radius 2 is 1.75 bits per heavy atom. The molecule has 0 aromatic rings. The van der Waals surface area contributed by atoms with Gasteiger partial charge < -0.3 is 15.2 Å². The van der Waals surface area contributed by atoms with Gasteiger partial charge in [-0.3, -0.25) is 0 Å². The molecule has 0 bridgehead atoms. The molecule has 0 aliphatic heterocycles. The highest BCUT2D eigenvalue weighted by molar-refractivity contribution is 4.79. The first-order chi connectivity index (χ1) is 7.63. The van der Waals surface area contributed by atoms with E-state index in [1.54, 1.807) is 0 Å². The third kappa shape index (κ3) is 4.04. The van der Waals surface area contributed by atoms with Gasteiger partial charge in [0.05, 0.1) is 18.3 Å². The lowest BCUT2D eigenvalue weighted by Gasteiger charge is -2.32. The molecular weight excluding hydrogens is 202 g/mol. The fraction of sp³-hybridized carbons (Fsp3) is 1.00. The minimum Gasteiger partial charge on any atom is -0.388 e. The van der Waals surface area contributed by atoms with E-state index in [1.165, 1.54) is 12.8 Å². The number of rotatable bonds is 6. The molecule has 0 unspecified atom stereocenters. The Morgan fingerprint density at radius 1 is 1.19 bits per heavy atom. The molecule has 1 saturated carbocycles. The van der Waals surface area contributed by atoms with Crippen LogP contribution in [0.25, 0.3) is 0 Å². The SMILES string of the molecule is CCC(O)(CC)COC1CCC(NC)CC1. The average Bonchev–Trinajstić information content (AvgIpc) is 2.36. The van der Waals surface area contributed by atoms with E-state index in [1.807, 2.05) is 20.9 Å². The molecule has 0 aromatic carbocycles. The van der Waals surface area contributed by atoms with Gasteiger partial charge in [-0.15, -0.1) is 0 Å². The van der Waals surface area contributed by atoms with Crippen molar-refractivity contribution in [2.75, 3.05) is 13.7 Å². The summed E-state index contributed by atoms with van der Waals surface area (Å²) in [5.41, 5.74) is -0.611. The summed E-state index contributed by atoms with van der Waals surface area (Å²) in [6.45, 7) is 4.53. The second-order valence-corrected chi connectivity index (χ2v) is 5.00. The quantitative estimate of drug-likeness (QED) is 0.733. The van der Waals surface area contributed by atoms with Crippen LogP contribution in [0.2, 0.25) is 0 Å². The summed E-state index contributed by atoms with van der Waals surface area (Å²) >= 11 is 0. The zero-order chi connectivity index (χ0) is 12.0. The Morgan fingerprint density at radius 3 is 2.19 bits per heavy atom. The molecule has 0 atom stereocenters. The van der Waals surface area contributed by atoms with Crippen LogP contribution in [0, 0.1) is 0 Å². The molecule has 0 radical (unpaired) electrons. The molecule has 0 spiro atoms. The average molecular weight is 229 g/mol. The summed E-state index contributed by atoms with van der Waals surface area (Å²) < 4.78 is 5.84. The Kier molecular flexibility index (Phi) is 5.73. The number of ether oxygens (including phenoxy) is 1. The van der Waals surface area contributed by atoms with Gasteiger partial charge in [0, 0.05) is 6.04 Å². The summed E-state index contributed by atoms with van der Waals surface area (Å²) in [7, 11) is 2.03. The predicted octanol–water partition coefficient (Wildman–Crippen LogP) is 2.08. The van der Waals surface area contributed by atoms with Gasteiger partial charge in [-0.1, -0.05) is 13.8 Å². The van der Waals surface area contributed by atoms with Crippen LogP contribution in [0.15, 0.2) is 0 Å². The Labute approximate surface area is 99.6 Å². The van der Waals surface area contributed by atoms with Gasteiger partial charge in [-0.25, -0.2) is 0 Å². The van der Waals surface area contributed by atoms with Crippen LogP contribution in [-0.4, -0.2) is 36.5 Å². The van der Waals surface area contributed by atoms with E-state index in [-0.39, 0.29) is 0 Å². The summed E-state index contributed by atoms with van der Waals surface area (Å²) in [6, 6.07) is 0.663. The zero-order valence-electron chi connectivity index (χ0n) is 11.0. The standard InChI is InChI=1S/C13H27NO2/c1-4-13(15,5-2)10-16-12-8-6-11(14-3)7-9-12/h11-12,14-15H,4-10H2,1-3H3. The maximum Gasteiger partial charge on any atom is 0.0875 e. The number of hydrogen-bond acceptors (Lipinski definition) is 3. The van der Waals surface area contributed by atoms with Crippen LogP contribution in [-0.2, 0) is 4.74 Å². The van der Waals surface area contributed by atoms with Crippen molar-refractivity contribution in [1.29, 1.82) is 0 Å². The van der Waals surface area contributed by atoms with Crippen LogP contribution in [0.4, 0.5) is 0 Å². The first-order valence-electron chi connectivity index (χ1n) is 6.64. The van der Waals surface area contributed by atoms with Crippen LogP contribution in [0.1, 0.15) is 52.4 Å². The van der Waals surface area contributed by atoms with Crippen molar-refractivity contribution in [1.82, 2.24) is 5.32 Å². The highest BCUT2D eigenvalue weighted by atomic mass is 16.5. The lowest BCUT2D eigenvalue weighted by molar-refractivity contribution is -0.0855. The monoisotopic (exact) mass is 229 g/mol. The maximum absolute atomic E-state index is 10.1. The van der Waals surface area contributed by atoms with E-state index in [2.05, 4.69) is 5.32 Å². The van der Waals surface area contributed by atoms with Crippen LogP contribution < -0.4 is 5.32 Å². The molecule has 2 N–H and O–H groups in total. The van der Waals surface area contributed by atoms with Crippen molar-refractivity contribution in [2.24, 2.45) is 0 Å². The number of aliphatic hydroxyl groups is 1. The lowest BCUT2D eigenvalue weighted by atomic mass is 9.92. The van der Waals surface area contributed by atoms with Crippen molar-refractivity contribution < 1.29 is 9.84 Å². The molecule has 1 rings (SSSR count). The Bertz CT molecular complexity index is 184. The first-order valence-corrected chi connectivity index (χ1v) is 6.64. The van der Waals surface area contributed by atoms with Crippen molar-refractivity contribution in [3.05, 3.63) is 0 Å². The summed E-state index contributed by atoms with van der Waals surface area (Å²) in [6.07, 6.45) is 6.53. The highest BCUT2D eigenvalue weighted by Gasteiger charge is 2.26. The molecule has 1 fully saturated rings. The molecule has 1 aliphatic carbocycles. The fourth-order valence-corrected chi connectivity index (χ4v) is 2.25. The summed E-state index contributed by atoms with van der Waals surface area (Å²) in [5.74, 6) is 0. The fourth-order valence-electron chi connectivity index (χ4n) is 2.25. The minimum absolute atomic E-state index is 0.356. The van der Waals surface area contributed by atoms with Crippen molar-refractivity contribution in [2.45, 2.75) is 70.1 Å². The number of nitrogens with one attached hydrogen (secondary N) is 1. The molecule has 96 valence electrons. The van der Waals surface area contributed by atoms with Crippen LogP contribution in [0.3, 0.4) is 0 Å². The molecule has 0 amide bonds. The van der Waals surface area contributed by atoms with Gasteiger partial charge in [-0.2, -0.15) is 0 Å². The molecule has 16 heavy (non-hydrogen) atoms. The van der Waals surface area contributed by atoms with E-state index in [9.17, 15) is 5.11 Å². The smallest absolute Gasteiger partial charge is 0.0875 e. The predicted molar refractivity (Wildman–Crippen MR) is 66.6 cm³/mol. The van der Waals surface area contributed by atoms with Gasteiger partial charge in [-0.05, 0) is 45.6 Å². The molecular formula is C13H27NO2. The van der Waals surface area contributed by atoms with Crippen molar-refractivity contribution in [3.63, 3.8) is 0 Å². The second-order valence-electron chi connectivity index (χ2n) is 5.00. The van der Waals surface area contributed by atoms with Gasteiger partial charge in [0.2, 0.25) is 0 Å². The van der Waals surface area contributed by atoms with E-state index in [4.69, 9.17) is 4.74 Å². The summed E-state index contributed by atoms with van der Waals surface area (Å²) in [5, 5.41) is 13.4. The van der Waals surface area contributed by atoms with Crippen molar-refractivity contribution in [3.8, 4) is 0 Å². The molecule has 3 heteroatoms. The van der Waals surface area contributed by atoms with E-state index < -0.39 is 5.60 Å². The van der Waals surface area contributed by atoms with Crippen molar-refractivity contribution >= 4 is 0 Å². The lowest BCUT2D eigenvalue weighted by Crippen LogP contribution is -2.38. The largest absolute Gasteiger partial charge is 0.388 e. The third-order valence-corrected chi connectivity index (χ3v) is 3.99. The highest BCUT2D eigenvalue weighted by Crippen LogP contribution is 2.23. The van der Waals surface area contributed by atoms with E-state index in [0.29, 0.717) is 18.8 Å². The van der Waals surface area contributed by atoms with E-state index in [0.717, 1.165) is 25.7 Å². The molecule has 1 aliphatic rings. The van der Waals surface area contributed by atoms with Crippen LogP contribution in [0.5, 0.6) is 0 Å². The maximum atomic E-state index is 10.1. The summed E-state index contributed by atoms with van der Waals surface area (Å²) in [4.78, 5) is 0. The van der Waals surface area contributed by atoms with Gasteiger partial charge in [0.25, 0.3) is 0 Å². The van der Waals surface area contributed by atoms with Crippen LogP contribution >= 0.6 is 0 Å². The topological polar surface area (TPSA) is 41.5 Å². The Balaban J connectivity index is 2.24. The normalized spacial score (nSPS) is 27.0. The number of hydrogen-bond donors (Lipinski definition) is 2. The zero-order valence-corrected chi connectivity index (χ0v) is 11.0. The molecule has 0 aromatic heterocycles.